The molecule has 2 aliphatic heterocycles. The summed E-state index contributed by atoms with van der Waals surface area (Å²) in [5.41, 5.74) is 0.821. The molecule has 2 heterocycles. The second kappa shape index (κ2) is 15.6. The van der Waals surface area contributed by atoms with Gasteiger partial charge in [-0.1, -0.05) is 47.5 Å². The number of nitrogens with one attached hydrogen (secondary N) is 1. The standard InChI is InChI=1S/C34H36Cl2F3N5O4/c1-2-48-28-20-24(34(37,38)39)8-13-27(28)32-41-30(22-4-9-25(35)10-5-22)31(23-6-11-26(36)12-7-23)44(32)33(47)43-17-15-42(16-18-43)21-29(46)40-14-3-19-45/h4-13,20,30-31,45H,2-3,14-19,21H2,1H3,(H,40,46). The molecule has 2 atom stereocenters. The number of benzene rings is 3. The molecule has 0 aromatic heterocycles. The molecule has 0 bridgehead atoms. The van der Waals surface area contributed by atoms with Gasteiger partial charge in [0.25, 0.3) is 0 Å². The van der Waals surface area contributed by atoms with Crippen LogP contribution < -0.4 is 10.1 Å². The Labute approximate surface area is 286 Å². The van der Waals surface area contributed by atoms with E-state index >= 15 is 0 Å². The molecule has 0 saturated carbocycles. The van der Waals surface area contributed by atoms with Crippen LogP contribution in [0.4, 0.5) is 18.0 Å². The minimum Gasteiger partial charge on any atom is -0.493 e. The molecule has 2 unspecified atom stereocenters. The Morgan fingerprint density at radius 1 is 0.958 bits per heavy atom. The fourth-order valence-electron chi connectivity index (χ4n) is 5.83. The molecule has 3 amide bonds. The Kier molecular flexibility index (Phi) is 11.5. The molecule has 2 aliphatic rings. The van der Waals surface area contributed by atoms with Crippen LogP contribution in [0.25, 0.3) is 0 Å². The topological polar surface area (TPSA) is 97.7 Å². The molecule has 3 aromatic carbocycles. The van der Waals surface area contributed by atoms with Gasteiger partial charge in [-0.05, 0) is 66.9 Å². The molecular weight excluding hydrogens is 670 g/mol. The lowest BCUT2D eigenvalue weighted by atomic mass is 9.93. The van der Waals surface area contributed by atoms with E-state index in [1.54, 1.807) is 48.2 Å². The van der Waals surface area contributed by atoms with E-state index in [1.165, 1.54) is 11.0 Å². The van der Waals surface area contributed by atoms with Crippen molar-refractivity contribution in [1.82, 2.24) is 20.0 Å². The number of rotatable bonds is 10. The molecule has 1 fully saturated rings. The number of aliphatic hydroxyl groups is 1. The third kappa shape index (κ3) is 8.23. The number of carbonyl (C=O) groups is 2. The van der Waals surface area contributed by atoms with Gasteiger partial charge in [-0.25, -0.2) is 4.79 Å². The van der Waals surface area contributed by atoms with Gasteiger partial charge in [0.2, 0.25) is 5.91 Å². The summed E-state index contributed by atoms with van der Waals surface area (Å²) >= 11 is 12.4. The summed E-state index contributed by atoms with van der Waals surface area (Å²) in [6, 6.07) is 15.5. The highest BCUT2D eigenvalue weighted by atomic mass is 35.5. The Hall–Kier alpha value is -3.84. The number of carbonyl (C=O) groups excluding carboxylic acids is 2. The molecular formula is C34H36Cl2F3N5O4. The van der Waals surface area contributed by atoms with Crippen LogP contribution in [0.5, 0.6) is 5.75 Å². The van der Waals surface area contributed by atoms with Gasteiger partial charge in [-0.3, -0.25) is 19.6 Å². The molecule has 1 saturated heterocycles. The first kappa shape index (κ1) is 35.5. The first-order chi connectivity index (χ1) is 23.0. The molecule has 9 nitrogen and oxygen atoms in total. The Morgan fingerprint density at radius 2 is 1.58 bits per heavy atom. The largest absolute Gasteiger partial charge is 0.493 e. The van der Waals surface area contributed by atoms with Crippen LogP contribution in [0.15, 0.2) is 71.7 Å². The lowest BCUT2D eigenvalue weighted by Crippen LogP contribution is -2.55. The molecule has 5 rings (SSSR count). The third-order valence-electron chi connectivity index (χ3n) is 8.21. The quantitative estimate of drug-likeness (QED) is 0.245. The van der Waals surface area contributed by atoms with E-state index in [4.69, 9.17) is 38.0 Å². The number of aliphatic hydroxyl groups excluding tert-OH is 1. The first-order valence-electron chi connectivity index (χ1n) is 15.6. The second-order valence-electron chi connectivity index (χ2n) is 11.4. The first-order valence-corrected chi connectivity index (χ1v) is 16.4. The number of hydrogen-bond donors (Lipinski definition) is 2. The van der Waals surface area contributed by atoms with Crippen molar-refractivity contribution in [2.45, 2.75) is 31.6 Å². The number of nitrogens with zero attached hydrogens (tertiary/aromatic N) is 4. The summed E-state index contributed by atoms with van der Waals surface area (Å²) in [7, 11) is 0. The predicted octanol–water partition coefficient (Wildman–Crippen LogP) is 6.19. The summed E-state index contributed by atoms with van der Waals surface area (Å²) in [4.78, 5) is 37.2. The van der Waals surface area contributed by atoms with Gasteiger partial charge < -0.3 is 20.1 Å². The summed E-state index contributed by atoms with van der Waals surface area (Å²) in [6.45, 7) is 3.73. The van der Waals surface area contributed by atoms with Gasteiger partial charge in [0.1, 0.15) is 17.6 Å². The summed E-state index contributed by atoms with van der Waals surface area (Å²) in [5.74, 6) is -0.0492. The zero-order valence-electron chi connectivity index (χ0n) is 26.2. The maximum atomic E-state index is 14.6. The fraction of sp³-hybridized carbons (Fsp3) is 0.382. The number of alkyl halides is 3. The zero-order chi connectivity index (χ0) is 34.4. The fourth-order valence-corrected chi connectivity index (χ4v) is 6.08. The minimum absolute atomic E-state index is 0.0166. The van der Waals surface area contributed by atoms with Gasteiger partial charge in [-0.2, -0.15) is 13.2 Å². The van der Waals surface area contributed by atoms with Crippen molar-refractivity contribution in [3.8, 4) is 5.75 Å². The smallest absolute Gasteiger partial charge is 0.416 e. The highest BCUT2D eigenvalue weighted by Crippen LogP contribution is 2.46. The monoisotopic (exact) mass is 705 g/mol. The highest BCUT2D eigenvalue weighted by Gasteiger charge is 2.45. The summed E-state index contributed by atoms with van der Waals surface area (Å²) in [6.07, 6.45) is -4.14. The van der Waals surface area contributed by atoms with E-state index in [0.717, 1.165) is 23.3 Å². The van der Waals surface area contributed by atoms with Gasteiger partial charge in [0, 0.05) is 49.4 Å². The predicted molar refractivity (Wildman–Crippen MR) is 177 cm³/mol. The number of amidine groups is 1. The van der Waals surface area contributed by atoms with E-state index in [9.17, 15) is 22.8 Å². The lowest BCUT2D eigenvalue weighted by molar-refractivity contribution is -0.137. The number of urea groups is 1. The number of ether oxygens (including phenoxy) is 1. The van der Waals surface area contributed by atoms with Crippen molar-refractivity contribution < 1.29 is 32.6 Å². The van der Waals surface area contributed by atoms with E-state index in [-0.39, 0.29) is 48.8 Å². The van der Waals surface area contributed by atoms with Gasteiger partial charge in [0.15, 0.2) is 0 Å². The van der Waals surface area contributed by atoms with Gasteiger partial charge >= 0.3 is 12.2 Å². The maximum absolute atomic E-state index is 14.6. The second-order valence-corrected chi connectivity index (χ2v) is 12.3. The molecule has 0 spiro atoms. The molecule has 2 N–H and O–H groups in total. The molecule has 48 heavy (non-hydrogen) atoms. The number of amides is 3. The minimum atomic E-state index is -4.61. The molecule has 3 aromatic rings. The molecule has 0 radical (unpaired) electrons. The Balaban J connectivity index is 1.54. The van der Waals surface area contributed by atoms with E-state index in [1.807, 2.05) is 17.0 Å². The van der Waals surface area contributed by atoms with Crippen molar-refractivity contribution in [2.75, 3.05) is 52.5 Å². The highest BCUT2D eigenvalue weighted by molar-refractivity contribution is 6.30. The van der Waals surface area contributed by atoms with Gasteiger partial charge in [-0.15, -0.1) is 0 Å². The van der Waals surface area contributed by atoms with Crippen molar-refractivity contribution in [3.63, 3.8) is 0 Å². The van der Waals surface area contributed by atoms with E-state index in [2.05, 4.69) is 5.32 Å². The van der Waals surface area contributed by atoms with E-state index in [0.29, 0.717) is 49.2 Å². The third-order valence-corrected chi connectivity index (χ3v) is 8.72. The summed E-state index contributed by atoms with van der Waals surface area (Å²) in [5, 5.41) is 12.7. The van der Waals surface area contributed by atoms with Crippen LogP contribution in [0, 0.1) is 0 Å². The number of hydrogen-bond acceptors (Lipinski definition) is 6. The molecule has 14 heteroatoms. The van der Waals surface area contributed by atoms with Crippen LogP contribution in [0.2, 0.25) is 10.0 Å². The maximum Gasteiger partial charge on any atom is 0.416 e. The van der Waals surface area contributed by atoms with Crippen LogP contribution in [0.1, 0.15) is 47.7 Å². The van der Waals surface area contributed by atoms with Crippen LogP contribution in [-0.4, -0.2) is 90.1 Å². The number of halogens is 5. The van der Waals surface area contributed by atoms with Crippen LogP contribution in [0.3, 0.4) is 0 Å². The van der Waals surface area contributed by atoms with Crippen LogP contribution >= 0.6 is 23.2 Å². The normalized spacial score (nSPS) is 18.5. The molecule has 256 valence electrons. The van der Waals surface area contributed by atoms with Crippen molar-refractivity contribution in [1.29, 1.82) is 0 Å². The number of piperazine rings is 1. The Morgan fingerprint density at radius 3 is 2.17 bits per heavy atom. The van der Waals surface area contributed by atoms with Crippen molar-refractivity contribution >= 4 is 41.0 Å². The SMILES string of the molecule is CCOc1cc(C(F)(F)F)ccc1C1=NC(c2ccc(Cl)cc2)C(c2ccc(Cl)cc2)N1C(=O)N1CCN(CC(=O)NCCCO)CC1. The average molecular weight is 707 g/mol. The lowest BCUT2D eigenvalue weighted by Gasteiger charge is -2.39. The van der Waals surface area contributed by atoms with E-state index < -0.39 is 23.8 Å². The number of aliphatic imine (C=N–C) groups is 1. The van der Waals surface area contributed by atoms with Crippen molar-refractivity contribution in [3.05, 3.63) is 99.0 Å². The summed E-state index contributed by atoms with van der Waals surface area (Å²) < 4.78 is 47.0. The zero-order valence-corrected chi connectivity index (χ0v) is 27.7. The Bertz CT molecular complexity index is 1610. The average Bonchev–Trinajstić information content (AvgIpc) is 3.45. The van der Waals surface area contributed by atoms with Crippen molar-refractivity contribution in [2.24, 2.45) is 4.99 Å². The van der Waals surface area contributed by atoms with Gasteiger partial charge in [0.05, 0.1) is 30.3 Å². The van der Waals surface area contributed by atoms with Crippen LogP contribution in [-0.2, 0) is 11.0 Å². The molecule has 0 aliphatic carbocycles.